The number of amides is 1. The van der Waals surface area contributed by atoms with Crippen LogP contribution in [0.4, 0.5) is 5.69 Å². The minimum atomic E-state index is -0.903. The van der Waals surface area contributed by atoms with Gasteiger partial charge in [-0.3, -0.25) is 14.4 Å². The molecule has 30 heavy (non-hydrogen) atoms. The largest absolute Gasteiger partial charge is 0.493 e. The van der Waals surface area contributed by atoms with Gasteiger partial charge in [-0.15, -0.1) is 11.3 Å². The lowest BCUT2D eigenvalue weighted by Gasteiger charge is -2.17. The van der Waals surface area contributed by atoms with E-state index in [1.807, 2.05) is 16.0 Å². The number of nitrogens with one attached hydrogen (secondary N) is 1. The van der Waals surface area contributed by atoms with Crippen molar-refractivity contribution >= 4 is 38.9 Å². The van der Waals surface area contributed by atoms with Crippen molar-refractivity contribution in [1.29, 1.82) is 0 Å². The number of hydrogen-bond acceptors (Lipinski definition) is 7. The predicted octanol–water partition coefficient (Wildman–Crippen LogP) is 3.04. The van der Waals surface area contributed by atoms with Crippen molar-refractivity contribution in [3.63, 3.8) is 0 Å². The molecular formula is C21H19N3O5S. The minimum absolute atomic E-state index is 0.150. The summed E-state index contributed by atoms with van der Waals surface area (Å²) < 4.78 is 13.0. The molecule has 0 fully saturated rings. The molecule has 0 bridgehead atoms. The number of anilines is 1. The van der Waals surface area contributed by atoms with Crippen molar-refractivity contribution in [3.05, 3.63) is 64.2 Å². The van der Waals surface area contributed by atoms with Gasteiger partial charge in [0.2, 0.25) is 17.8 Å². The first-order valence-corrected chi connectivity index (χ1v) is 10.2. The summed E-state index contributed by atoms with van der Waals surface area (Å²) >= 11 is 1.42. The Balaban J connectivity index is 1.49. The molecule has 1 N–H and O–H groups in total. The fraction of sp³-hybridized carbons (Fsp3) is 0.238. The summed E-state index contributed by atoms with van der Waals surface area (Å²) in [6.07, 6.45) is 2.38. The van der Waals surface area contributed by atoms with Gasteiger partial charge in [-0.2, -0.15) is 4.98 Å². The van der Waals surface area contributed by atoms with Gasteiger partial charge in [-0.25, -0.2) is 0 Å². The van der Waals surface area contributed by atoms with E-state index < -0.39 is 6.10 Å². The number of nitrogens with zero attached hydrogens (tertiary/aromatic N) is 2. The fourth-order valence-corrected chi connectivity index (χ4v) is 4.15. The van der Waals surface area contributed by atoms with Crippen LogP contribution in [0, 0.1) is 0 Å². The molecule has 1 atom stereocenters. The van der Waals surface area contributed by atoms with E-state index in [1.165, 1.54) is 30.6 Å². The van der Waals surface area contributed by atoms with E-state index in [0.717, 1.165) is 4.83 Å². The number of carbonyl (C=O) groups is 2. The molecule has 3 aromatic rings. The molecule has 1 aliphatic heterocycles. The average Bonchev–Trinajstić information content (AvgIpc) is 3.36. The third kappa shape index (κ3) is 4.11. The second kappa shape index (κ2) is 8.50. The molecule has 1 aliphatic rings. The molecule has 3 heterocycles. The van der Waals surface area contributed by atoms with Crippen LogP contribution in [0.1, 0.15) is 25.3 Å². The van der Waals surface area contributed by atoms with Crippen molar-refractivity contribution in [2.75, 3.05) is 11.9 Å². The maximum absolute atomic E-state index is 12.3. The Morgan fingerprint density at radius 2 is 2.20 bits per heavy atom. The highest BCUT2D eigenvalue weighted by Gasteiger charge is 2.29. The zero-order chi connectivity index (χ0) is 21.1. The number of thiophene rings is 1. The molecule has 0 saturated carbocycles. The molecule has 0 saturated heterocycles. The van der Waals surface area contributed by atoms with Gasteiger partial charge in [0.15, 0.2) is 5.82 Å². The van der Waals surface area contributed by atoms with Gasteiger partial charge >= 0.3 is 0 Å². The lowest BCUT2D eigenvalue weighted by atomic mass is 10.2. The fourth-order valence-electron chi connectivity index (χ4n) is 3.23. The van der Waals surface area contributed by atoms with E-state index in [0.29, 0.717) is 42.2 Å². The molecule has 1 unspecified atom stereocenters. The van der Waals surface area contributed by atoms with Crippen LogP contribution in [0.3, 0.4) is 0 Å². The highest BCUT2D eigenvalue weighted by atomic mass is 32.1. The first-order valence-electron chi connectivity index (χ1n) is 9.37. The van der Waals surface area contributed by atoms with E-state index in [2.05, 4.69) is 10.3 Å². The van der Waals surface area contributed by atoms with Crippen LogP contribution >= 0.6 is 11.3 Å². The number of fused-ring (bicyclic) bond motifs is 1. The summed E-state index contributed by atoms with van der Waals surface area (Å²) in [7, 11) is 0. The second-order valence-corrected chi connectivity index (χ2v) is 7.59. The van der Waals surface area contributed by atoms with Crippen LogP contribution in [-0.4, -0.2) is 27.8 Å². The highest BCUT2D eigenvalue weighted by Crippen LogP contribution is 2.27. The number of rotatable bonds is 7. The van der Waals surface area contributed by atoms with Crippen LogP contribution in [0.2, 0.25) is 0 Å². The van der Waals surface area contributed by atoms with Crippen LogP contribution < -0.4 is 15.6 Å². The summed E-state index contributed by atoms with van der Waals surface area (Å²) in [4.78, 5) is 40.5. The molecule has 8 nitrogen and oxygen atoms in total. The quantitative estimate of drug-likeness (QED) is 0.584. The zero-order valence-corrected chi connectivity index (χ0v) is 17.0. The van der Waals surface area contributed by atoms with Crippen LogP contribution in [-0.2, 0) is 20.9 Å². The van der Waals surface area contributed by atoms with Crippen LogP contribution in [0.5, 0.6) is 5.75 Å². The molecule has 9 heteroatoms. The van der Waals surface area contributed by atoms with Crippen molar-refractivity contribution in [3.8, 4) is 5.75 Å². The normalized spacial score (nSPS) is 15.4. The predicted molar refractivity (Wildman–Crippen MR) is 113 cm³/mol. The lowest BCUT2D eigenvalue weighted by Crippen LogP contribution is -2.24. The number of benzene rings is 1. The molecule has 154 valence electrons. The maximum Gasteiger partial charge on any atom is 0.281 e. The van der Waals surface area contributed by atoms with Crippen molar-refractivity contribution in [2.24, 2.45) is 0 Å². The number of carbonyl (C=O) groups excluding carboxylic acids is 2. The summed E-state index contributed by atoms with van der Waals surface area (Å²) in [5.41, 5.74) is 0.295. The first-order chi connectivity index (χ1) is 14.5. The Hall–Kier alpha value is -3.46. The third-order valence-corrected chi connectivity index (χ3v) is 5.44. The highest BCUT2D eigenvalue weighted by molar-refractivity contribution is 7.16. The van der Waals surface area contributed by atoms with Crippen molar-refractivity contribution in [2.45, 2.75) is 26.0 Å². The van der Waals surface area contributed by atoms with Gasteiger partial charge in [-0.1, -0.05) is 6.07 Å². The Bertz CT molecular complexity index is 1200. The van der Waals surface area contributed by atoms with E-state index in [-0.39, 0.29) is 17.2 Å². The molecule has 0 aliphatic carbocycles. The van der Waals surface area contributed by atoms with Crippen molar-refractivity contribution in [1.82, 2.24) is 9.55 Å². The number of hydrogen-bond donors (Lipinski definition) is 1. The third-order valence-electron chi connectivity index (χ3n) is 4.50. The molecule has 1 amide bonds. The molecule has 2 aromatic heterocycles. The maximum atomic E-state index is 12.3. The lowest BCUT2D eigenvalue weighted by molar-refractivity contribution is -0.121. The molecular weight excluding hydrogens is 406 g/mol. The van der Waals surface area contributed by atoms with E-state index in [9.17, 15) is 14.4 Å². The number of aromatic nitrogens is 2. The van der Waals surface area contributed by atoms with E-state index in [1.54, 1.807) is 24.3 Å². The van der Waals surface area contributed by atoms with E-state index in [4.69, 9.17) is 9.47 Å². The van der Waals surface area contributed by atoms with Gasteiger partial charge in [0, 0.05) is 31.3 Å². The van der Waals surface area contributed by atoms with Gasteiger partial charge in [0.25, 0.3) is 5.56 Å². The summed E-state index contributed by atoms with van der Waals surface area (Å²) in [6.45, 7) is 2.35. The topological polar surface area (TPSA) is 99.5 Å². The van der Waals surface area contributed by atoms with Gasteiger partial charge in [0.1, 0.15) is 10.6 Å². The summed E-state index contributed by atoms with van der Waals surface area (Å²) in [5, 5.41) is 5.06. The standard InChI is InChI=1S/C21H19N3O5S/c1-13(25)22-14-4-2-5-15(12-14)28-9-3-8-24-19(18-17(26)6-10-29-18)23-20(27)16-7-11-30-21(16)24/h2,4-7,10-12,18H,3,8-9H2,1H3,(H,22,25). The van der Waals surface area contributed by atoms with Crippen LogP contribution in [0.25, 0.3) is 10.2 Å². The molecule has 1 aromatic carbocycles. The Kier molecular flexibility index (Phi) is 5.62. The molecule has 0 radical (unpaired) electrons. The zero-order valence-electron chi connectivity index (χ0n) is 16.2. The smallest absolute Gasteiger partial charge is 0.281 e. The first kappa shape index (κ1) is 19.8. The summed E-state index contributed by atoms with van der Waals surface area (Å²) in [5.74, 6) is 0.554. The Labute approximate surface area is 175 Å². The van der Waals surface area contributed by atoms with Crippen molar-refractivity contribution < 1.29 is 19.1 Å². The van der Waals surface area contributed by atoms with Crippen LogP contribution in [0.15, 0.2) is 52.8 Å². The van der Waals surface area contributed by atoms with Gasteiger partial charge in [0.05, 0.1) is 18.3 Å². The number of aryl methyl sites for hydroxylation is 1. The summed E-state index contributed by atoms with van der Waals surface area (Å²) in [6, 6.07) is 8.88. The minimum Gasteiger partial charge on any atom is -0.493 e. The molecule has 0 spiro atoms. The molecule has 4 rings (SSSR count). The number of ether oxygens (including phenoxy) is 2. The van der Waals surface area contributed by atoms with E-state index >= 15 is 0 Å². The second-order valence-electron chi connectivity index (χ2n) is 6.70. The Morgan fingerprint density at radius 3 is 2.97 bits per heavy atom. The van der Waals surface area contributed by atoms with Gasteiger partial charge in [-0.05, 0) is 30.0 Å². The Morgan fingerprint density at radius 1 is 1.33 bits per heavy atom. The monoisotopic (exact) mass is 425 g/mol. The SMILES string of the molecule is CC(=O)Nc1cccc(OCCCn2c(C3OC=CC3=O)nc(=O)c3ccsc32)c1. The van der Waals surface area contributed by atoms with Gasteiger partial charge < -0.3 is 19.4 Å². The number of ketones is 1. The average molecular weight is 425 g/mol.